The van der Waals surface area contributed by atoms with Gasteiger partial charge in [-0.05, 0) is 30.5 Å². The summed E-state index contributed by atoms with van der Waals surface area (Å²) in [5, 5.41) is 3.45. The second-order valence-corrected chi connectivity index (χ2v) is 5.83. The first-order chi connectivity index (χ1) is 11.6. The van der Waals surface area contributed by atoms with Crippen LogP contribution in [0.1, 0.15) is 18.1 Å². The third-order valence-electron chi connectivity index (χ3n) is 3.87. The highest BCUT2D eigenvalue weighted by Gasteiger charge is 2.10. The van der Waals surface area contributed by atoms with Gasteiger partial charge >= 0.3 is 0 Å². The third-order valence-corrected chi connectivity index (χ3v) is 3.87. The molecule has 122 valence electrons. The molecule has 0 atom stereocenters. The van der Waals surface area contributed by atoms with E-state index in [0.29, 0.717) is 0 Å². The molecule has 0 aliphatic carbocycles. The Hall–Kier alpha value is -2.80. The van der Waals surface area contributed by atoms with Crippen molar-refractivity contribution in [3.63, 3.8) is 0 Å². The number of hydrogen-bond donors (Lipinski definition) is 1. The zero-order chi connectivity index (χ0) is 17.4. The molecule has 2 aromatic rings. The van der Waals surface area contributed by atoms with Crippen molar-refractivity contribution in [2.75, 3.05) is 6.54 Å². The fourth-order valence-corrected chi connectivity index (χ4v) is 2.62. The summed E-state index contributed by atoms with van der Waals surface area (Å²) >= 11 is 0. The number of allylic oxidation sites excluding steroid dienone is 4. The molecule has 0 heterocycles. The summed E-state index contributed by atoms with van der Waals surface area (Å²) in [6.45, 7) is 12.9. The average Bonchev–Trinajstić information content (AvgIpc) is 2.60. The molecule has 1 heteroatoms. The normalized spacial score (nSPS) is 11.5. The molecule has 0 aromatic heterocycles. The maximum Gasteiger partial charge on any atom is 0.0360 e. The Bertz CT molecular complexity index is 764. The molecule has 0 spiro atoms. The van der Waals surface area contributed by atoms with Crippen molar-refractivity contribution in [3.05, 3.63) is 103 Å². The zero-order valence-electron chi connectivity index (χ0n) is 14.5. The molecule has 0 aliphatic heterocycles. The Balaban J connectivity index is 2.22. The molecule has 0 saturated carbocycles. The maximum atomic E-state index is 4.27. The van der Waals surface area contributed by atoms with Crippen LogP contribution in [0.5, 0.6) is 0 Å². The summed E-state index contributed by atoms with van der Waals surface area (Å²) in [5.41, 5.74) is 7.01. The van der Waals surface area contributed by atoms with Gasteiger partial charge in [0, 0.05) is 17.8 Å². The van der Waals surface area contributed by atoms with Gasteiger partial charge in [0.05, 0.1) is 0 Å². The predicted molar refractivity (Wildman–Crippen MR) is 107 cm³/mol. The van der Waals surface area contributed by atoms with E-state index in [4.69, 9.17) is 0 Å². The van der Waals surface area contributed by atoms with E-state index >= 15 is 0 Å². The number of benzene rings is 2. The van der Waals surface area contributed by atoms with E-state index in [0.717, 1.165) is 12.2 Å². The van der Waals surface area contributed by atoms with Crippen LogP contribution in [0.2, 0.25) is 0 Å². The first kappa shape index (κ1) is 17.6. The Kier molecular flexibility index (Phi) is 6.39. The second kappa shape index (κ2) is 8.73. The lowest BCUT2D eigenvalue weighted by Crippen LogP contribution is -2.15. The molecule has 2 rings (SSSR count). The van der Waals surface area contributed by atoms with Crippen LogP contribution in [0.15, 0.2) is 91.6 Å². The number of hydrogen-bond acceptors (Lipinski definition) is 1. The van der Waals surface area contributed by atoms with E-state index in [1.807, 2.05) is 18.2 Å². The van der Waals surface area contributed by atoms with Gasteiger partial charge in [0.25, 0.3) is 0 Å². The van der Waals surface area contributed by atoms with E-state index in [1.165, 1.54) is 27.8 Å². The fourth-order valence-electron chi connectivity index (χ4n) is 2.62. The van der Waals surface area contributed by atoms with Crippen LogP contribution in [0, 0.1) is 6.92 Å². The molecule has 1 nitrogen and oxygen atoms in total. The Labute approximate surface area is 145 Å². The molecular weight excluding hydrogens is 290 g/mol. The fraction of sp³-hybridized carbons (Fsp3) is 0.130. The lowest BCUT2D eigenvalue weighted by Gasteiger charge is -2.17. The lowest BCUT2D eigenvalue weighted by atomic mass is 9.94. The molecule has 0 radical (unpaired) electrons. The molecule has 0 bridgehead atoms. The van der Waals surface area contributed by atoms with Gasteiger partial charge in [-0.2, -0.15) is 0 Å². The monoisotopic (exact) mass is 315 g/mol. The van der Waals surface area contributed by atoms with Crippen LogP contribution < -0.4 is 5.32 Å². The summed E-state index contributed by atoms with van der Waals surface area (Å²) < 4.78 is 0. The highest BCUT2D eigenvalue weighted by molar-refractivity contribution is 5.81. The van der Waals surface area contributed by atoms with Gasteiger partial charge in [0.1, 0.15) is 0 Å². The summed E-state index contributed by atoms with van der Waals surface area (Å²) in [4.78, 5) is 0. The largest absolute Gasteiger partial charge is 0.381 e. The Morgan fingerprint density at radius 3 is 2.50 bits per heavy atom. The van der Waals surface area contributed by atoms with Crippen LogP contribution in [-0.2, 0) is 0 Å². The minimum atomic E-state index is 0.767. The van der Waals surface area contributed by atoms with E-state index in [2.05, 4.69) is 80.9 Å². The lowest BCUT2D eigenvalue weighted by molar-refractivity contribution is 0.956. The van der Waals surface area contributed by atoms with Crippen LogP contribution in [0.25, 0.3) is 16.8 Å². The summed E-state index contributed by atoms with van der Waals surface area (Å²) in [6.07, 6.45) is 7.77. The quantitative estimate of drug-likeness (QED) is 0.626. The van der Waals surface area contributed by atoms with Gasteiger partial charge in [-0.1, -0.05) is 91.6 Å². The predicted octanol–water partition coefficient (Wildman–Crippen LogP) is 5.91. The molecular formula is C23H25N. The highest BCUT2D eigenvalue weighted by Crippen LogP contribution is 2.29. The number of nitrogens with one attached hydrogen (secondary N) is 1. The van der Waals surface area contributed by atoms with Crippen LogP contribution >= 0.6 is 0 Å². The average molecular weight is 315 g/mol. The van der Waals surface area contributed by atoms with Gasteiger partial charge in [-0.15, -0.1) is 0 Å². The van der Waals surface area contributed by atoms with Gasteiger partial charge in [-0.25, -0.2) is 0 Å². The van der Waals surface area contributed by atoms with Crippen molar-refractivity contribution >= 4 is 5.70 Å². The van der Waals surface area contributed by atoms with Crippen molar-refractivity contribution in [1.82, 2.24) is 5.32 Å². The molecule has 0 unspecified atom stereocenters. The Morgan fingerprint density at radius 2 is 1.79 bits per heavy atom. The Morgan fingerprint density at radius 1 is 1.04 bits per heavy atom. The van der Waals surface area contributed by atoms with Crippen molar-refractivity contribution in [3.8, 4) is 11.1 Å². The van der Waals surface area contributed by atoms with E-state index in [-0.39, 0.29) is 0 Å². The van der Waals surface area contributed by atoms with Crippen molar-refractivity contribution in [2.24, 2.45) is 0 Å². The topological polar surface area (TPSA) is 12.0 Å². The van der Waals surface area contributed by atoms with E-state index in [1.54, 1.807) is 6.08 Å². The van der Waals surface area contributed by atoms with Gasteiger partial charge in [0.2, 0.25) is 0 Å². The van der Waals surface area contributed by atoms with Gasteiger partial charge < -0.3 is 5.32 Å². The summed E-state index contributed by atoms with van der Waals surface area (Å²) in [6, 6.07) is 16.8. The molecule has 0 fully saturated rings. The van der Waals surface area contributed by atoms with Gasteiger partial charge in [0.15, 0.2) is 0 Å². The van der Waals surface area contributed by atoms with Crippen LogP contribution in [-0.4, -0.2) is 6.54 Å². The first-order valence-corrected chi connectivity index (χ1v) is 8.16. The van der Waals surface area contributed by atoms with E-state index < -0.39 is 0 Å². The number of aryl methyl sites for hydroxylation is 1. The highest BCUT2D eigenvalue weighted by atomic mass is 14.9. The number of rotatable bonds is 7. The smallest absolute Gasteiger partial charge is 0.0360 e. The maximum absolute atomic E-state index is 4.27. The summed E-state index contributed by atoms with van der Waals surface area (Å²) in [7, 11) is 0. The summed E-state index contributed by atoms with van der Waals surface area (Å²) in [5.74, 6) is 0. The van der Waals surface area contributed by atoms with E-state index in [9.17, 15) is 0 Å². The van der Waals surface area contributed by atoms with Crippen molar-refractivity contribution < 1.29 is 0 Å². The molecule has 0 aliphatic rings. The minimum absolute atomic E-state index is 0.767. The minimum Gasteiger partial charge on any atom is -0.381 e. The van der Waals surface area contributed by atoms with Crippen molar-refractivity contribution in [2.45, 2.75) is 13.8 Å². The molecule has 1 N–H and O–H groups in total. The first-order valence-electron chi connectivity index (χ1n) is 8.16. The van der Waals surface area contributed by atoms with Crippen molar-refractivity contribution in [1.29, 1.82) is 0 Å². The zero-order valence-corrected chi connectivity index (χ0v) is 14.5. The SMILES string of the molecule is C=C/C=C\C=C(/C)CNC(=C)c1c(C)cccc1-c1ccccc1. The molecule has 0 saturated heterocycles. The third kappa shape index (κ3) is 4.60. The molecule has 2 aromatic carbocycles. The van der Waals surface area contributed by atoms with Gasteiger partial charge in [-0.3, -0.25) is 0 Å². The second-order valence-electron chi connectivity index (χ2n) is 5.83. The molecule has 0 amide bonds. The molecule has 24 heavy (non-hydrogen) atoms. The van der Waals surface area contributed by atoms with Crippen LogP contribution in [0.4, 0.5) is 0 Å². The van der Waals surface area contributed by atoms with Crippen LogP contribution in [0.3, 0.4) is 0 Å². The standard InChI is InChI=1S/C23H25N/c1-5-6-8-12-18(2)17-24-20(4)23-19(3)13-11-16-22(23)21-14-9-7-10-15-21/h5-16,24H,1,4,17H2,2-3H3/b8-6-,18-12+.